The molecule has 9 nitrogen and oxygen atoms in total. The largest absolute Gasteiger partial charge is 0.495 e. The second-order valence-corrected chi connectivity index (χ2v) is 9.82. The molecule has 1 saturated heterocycles. The van der Waals surface area contributed by atoms with Gasteiger partial charge in [0.05, 0.1) is 12.8 Å². The first-order valence-corrected chi connectivity index (χ1v) is 12.2. The van der Waals surface area contributed by atoms with Crippen LogP contribution in [-0.2, 0) is 10.0 Å². The van der Waals surface area contributed by atoms with E-state index in [-0.39, 0.29) is 22.3 Å². The van der Waals surface area contributed by atoms with E-state index in [0.717, 1.165) is 19.3 Å². The average molecular weight is 471 g/mol. The van der Waals surface area contributed by atoms with Crippen LogP contribution in [0.4, 0.5) is 5.69 Å². The van der Waals surface area contributed by atoms with E-state index in [0.29, 0.717) is 29.5 Å². The van der Waals surface area contributed by atoms with Crippen LogP contribution in [0, 0.1) is 6.92 Å². The molecule has 3 aromatic rings. The van der Waals surface area contributed by atoms with Gasteiger partial charge < -0.3 is 14.6 Å². The first-order valence-electron chi connectivity index (χ1n) is 10.7. The lowest BCUT2D eigenvalue weighted by Gasteiger charge is -2.32. The number of amides is 1. The number of benzene rings is 2. The summed E-state index contributed by atoms with van der Waals surface area (Å²) < 4.78 is 38.7. The molecule has 1 aliphatic rings. The molecule has 0 spiro atoms. The Kier molecular flexibility index (Phi) is 6.48. The summed E-state index contributed by atoms with van der Waals surface area (Å²) >= 11 is 0. The average Bonchev–Trinajstić information content (AvgIpc) is 3.25. The fourth-order valence-electron chi connectivity index (χ4n) is 3.96. The van der Waals surface area contributed by atoms with Crippen LogP contribution in [0.15, 0.2) is 51.9 Å². The lowest BCUT2D eigenvalue weighted by molar-refractivity contribution is 0.102. The summed E-state index contributed by atoms with van der Waals surface area (Å²) in [7, 11) is -2.42. The van der Waals surface area contributed by atoms with Gasteiger partial charge in [-0.3, -0.25) is 4.79 Å². The van der Waals surface area contributed by atoms with Crippen molar-refractivity contribution in [3.63, 3.8) is 0 Å². The van der Waals surface area contributed by atoms with Crippen LogP contribution < -0.4 is 10.1 Å². The van der Waals surface area contributed by atoms with Gasteiger partial charge in [-0.15, -0.1) is 0 Å². The Morgan fingerprint density at radius 2 is 2.00 bits per heavy atom. The van der Waals surface area contributed by atoms with Crippen molar-refractivity contribution >= 4 is 21.6 Å². The van der Waals surface area contributed by atoms with Crippen molar-refractivity contribution in [3.8, 4) is 17.1 Å². The van der Waals surface area contributed by atoms with Gasteiger partial charge in [-0.05, 0) is 50.1 Å². The monoisotopic (exact) mass is 470 g/mol. The van der Waals surface area contributed by atoms with Crippen molar-refractivity contribution in [2.24, 2.45) is 0 Å². The number of aromatic nitrogens is 2. The Labute approximate surface area is 192 Å². The minimum atomic E-state index is -3.84. The Balaban J connectivity index is 1.67. The predicted molar refractivity (Wildman–Crippen MR) is 123 cm³/mol. The number of ether oxygens (including phenoxy) is 1. The molecule has 0 aliphatic carbocycles. The summed E-state index contributed by atoms with van der Waals surface area (Å²) in [5, 5.41) is 6.75. The molecule has 1 unspecified atom stereocenters. The molecule has 33 heavy (non-hydrogen) atoms. The molecule has 1 amide bonds. The van der Waals surface area contributed by atoms with E-state index < -0.39 is 15.9 Å². The second kappa shape index (κ2) is 9.32. The van der Waals surface area contributed by atoms with Gasteiger partial charge in [0.25, 0.3) is 5.91 Å². The van der Waals surface area contributed by atoms with Gasteiger partial charge in [0.2, 0.25) is 21.7 Å². The number of piperidine rings is 1. The fraction of sp³-hybridized carbons (Fsp3) is 0.348. The van der Waals surface area contributed by atoms with Crippen molar-refractivity contribution in [1.82, 2.24) is 14.4 Å². The van der Waals surface area contributed by atoms with Gasteiger partial charge in [-0.2, -0.15) is 9.29 Å². The molecule has 0 bridgehead atoms. The number of carbonyl (C=O) groups is 1. The van der Waals surface area contributed by atoms with E-state index in [9.17, 15) is 13.2 Å². The maximum Gasteiger partial charge on any atom is 0.255 e. The van der Waals surface area contributed by atoms with Crippen LogP contribution in [0.1, 0.15) is 42.4 Å². The quantitative estimate of drug-likeness (QED) is 0.581. The zero-order chi connectivity index (χ0) is 23.6. The lowest BCUT2D eigenvalue weighted by Crippen LogP contribution is -2.42. The first-order chi connectivity index (χ1) is 15.8. The zero-order valence-electron chi connectivity index (χ0n) is 18.7. The van der Waals surface area contributed by atoms with Crippen LogP contribution in [0.5, 0.6) is 5.75 Å². The number of nitrogens with zero attached hydrogens (tertiary/aromatic N) is 3. The number of carbonyl (C=O) groups excluding carboxylic acids is 1. The Hall–Kier alpha value is -3.24. The smallest absolute Gasteiger partial charge is 0.255 e. The summed E-state index contributed by atoms with van der Waals surface area (Å²) in [5.74, 6) is 0.490. The highest BCUT2D eigenvalue weighted by Gasteiger charge is 2.33. The molecule has 0 saturated carbocycles. The SMILES string of the molecule is COc1ccc(C(=O)Nc2ccccc2-c2noc(C)n2)cc1S(=O)(=O)N1CCCCC1C. The van der Waals surface area contributed by atoms with Gasteiger partial charge in [0.15, 0.2) is 0 Å². The van der Waals surface area contributed by atoms with Crippen LogP contribution in [0.25, 0.3) is 11.4 Å². The first kappa shape index (κ1) is 22.9. The van der Waals surface area contributed by atoms with E-state index in [2.05, 4.69) is 15.5 Å². The Morgan fingerprint density at radius 1 is 1.21 bits per heavy atom. The van der Waals surface area contributed by atoms with Gasteiger partial charge in [0.1, 0.15) is 10.6 Å². The molecule has 174 valence electrons. The molecule has 2 heterocycles. The van der Waals surface area contributed by atoms with Crippen molar-refractivity contribution in [3.05, 3.63) is 53.9 Å². The summed E-state index contributed by atoms with van der Waals surface area (Å²) in [5.41, 5.74) is 1.26. The predicted octanol–water partition coefficient (Wildman–Crippen LogP) is 3.87. The molecule has 1 N–H and O–H groups in total. The van der Waals surface area contributed by atoms with Crippen LogP contribution in [-0.4, -0.2) is 48.5 Å². The van der Waals surface area contributed by atoms with E-state index >= 15 is 0 Å². The molecular formula is C23H26N4O5S. The van der Waals surface area contributed by atoms with Crippen molar-refractivity contribution in [2.75, 3.05) is 19.0 Å². The Bertz CT molecular complexity index is 1270. The molecular weight excluding hydrogens is 444 g/mol. The van der Waals surface area contributed by atoms with E-state index in [1.54, 1.807) is 31.2 Å². The lowest BCUT2D eigenvalue weighted by atomic mass is 10.1. The maximum absolute atomic E-state index is 13.4. The third-order valence-electron chi connectivity index (χ3n) is 5.70. The summed E-state index contributed by atoms with van der Waals surface area (Å²) in [6.45, 7) is 4.02. The zero-order valence-corrected chi connectivity index (χ0v) is 19.6. The molecule has 0 radical (unpaired) electrons. The standard InChI is InChI=1S/C23H26N4O5S/c1-15-8-6-7-13-27(15)33(29,30)21-14-17(11-12-20(21)31-3)23(28)25-19-10-5-4-9-18(19)22-24-16(2)32-26-22/h4-5,9-12,14-15H,6-8,13H2,1-3H3,(H,25,28). The number of anilines is 1. The third-order valence-corrected chi connectivity index (χ3v) is 7.73. The van der Waals surface area contributed by atoms with Crippen molar-refractivity contribution < 1.29 is 22.5 Å². The van der Waals surface area contributed by atoms with Gasteiger partial charge in [-0.1, -0.05) is 23.7 Å². The summed E-state index contributed by atoms with van der Waals surface area (Å²) in [4.78, 5) is 17.3. The normalized spacial score (nSPS) is 17.0. The minimum Gasteiger partial charge on any atom is -0.495 e. The minimum absolute atomic E-state index is 0.0199. The number of para-hydroxylation sites is 1. The number of hydrogen-bond acceptors (Lipinski definition) is 7. The molecule has 1 aliphatic heterocycles. The molecule has 10 heteroatoms. The summed E-state index contributed by atoms with van der Waals surface area (Å²) in [6.07, 6.45) is 2.60. The van der Waals surface area contributed by atoms with Gasteiger partial charge in [0, 0.05) is 30.6 Å². The van der Waals surface area contributed by atoms with Crippen molar-refractivity contribution in [2.45, 2.75) is 44.0 Å². The molecule has 4 rings (SSSR count). The number of methoxy groups -OCH3 is 1. The van der Waals surface area contributed by atoms with Crippen LogP contribution in [0.3, 0.4) is 0 Å². The maximum atomic E-state index is 13.4. The van der Waals surface area contributed by atoms with E-state index in [1.165, 1.54) is 29.6 Å². The highest BCUT2D eigenvalue weighted by atomic mass is 32.2. The fourth-order valence-corrected chi connectivity index (χ4v) is 5.85. The molecule has 1 fully saturated rings. The molecule has 1 aromatic heterocycles. The number of rotatable bonds is 6. The topological polar surface area (TPSA) is 115 Å². The number of sulfonamides is 1. The molecule has 2 aromatic carbocycles. The van der Waals surface area contributed by atoms with Gasteiger partial charge >= 0.3 is 0 Å². The van der Waals surface area contributed by atoms with E-state index in [1.807, 2.05) is 6.92 Å². The highest BCUT2D eigenvalue weighted by Crippen LogP contribution is 2.32. The number of aryl methyl sites for hydroxylation is 1. The van der Waals surface area contributed by atoms with Crippen molar-refractivity contribution in [1.29, 1.82) is 0 Å². The van der Waals surface area contributed by atoms with Gasteiger partial charge in [-0.25, -0.2) is 8.42 Å². The third kappa shape index (κ3) is 4.62. The second-order valence-electron chi connectivity index (χ2n) is 7.96. The van der Waals surface area contributed by atoms with E-state index in [4.69, 9.17) is 9.26 Å². The molecule has 1 atom stereocenters. The van der Waals surface area contributed by atoms with Crippen LogP contribution in [0.2, 0.25) is 0 Å². The Morgan fingerprint density at radius 3 is 2.70 bits per heavy atom. The summed E-state index contributed by atoms with van der Waals surface area (Å²) in [6, 6.07) is 11.3. The number of nitrogens with one attached hydrogen (secondary N) is 1. The number of hydrogen-bond donors (Lipinski definition) is 1. The van der Waals surface area contributed by atoms with Crippen LogP contribution >= 0.6 is 0 Å². The highest BCUT2D eigenvalue weighted by molar-refractivity contribution is 7.89.